The van der Waals surface area contributed by atoms with Crippen molar-refractivity contribution in [3.63, 3.8) is 0 Å². The van der Waals surface area contributed by atoms with Gasteiger partial charge in [-0.2, -0.15) is 0 Å². The molecule has 0 atom stereocenters. The maximum Gasteiger partial charge on any atom is 0.314 e. The molecule has 0 bridgehead atoms. The van der Waals surface area contributed by atoms with E-state index in [1.807, 2.05) is 0 Å². The van der Waals surface area contributed by atoms with E-state index >= 15 is 0 Å². The maximum atomic E-state index is 12.5. The van der Waals surface area contributed by atoms with Gasteiger partial charge < -0.3 is 9.84 Å². The fourth-order valence-corrected chi connectivity index (χ4v) is 1.43. The molecule has 1 saturated heterocycles. The van der Waals surface area contributed by atoms with Crippen LogP contribution >= 0.6 is 0 Å². The van der Waals surface area contributed by atoms with Crippen LogP contribution in [0.5, 0.6) is 0 Å². The van der Waals surface area contributed by atoms with E-state index in [0.29, 0.717) is 5.56 Å². The Bertz CT molecular complexity index is 535. The number of rotatable bonds is 4. The van der Waals surface area contributed by atoms with Gasteiger partial charge in [-0.25, -0.2) is 4.39 Å². The van der Waals surface area contributed by atoms with E-state index in [-0.39, 0.29) is 31.5 Å². The van der Waals surface area contributed by atoms with Gasteiger partial charge in [0.1, 0.15) is 5.82 Å². The number of carboxylic acids is 1. The largest absolute Gasteiger partial charge is 0.481 e. The molecule has 112 valence electrons. The number of benzene rings is 1. The van der Waals surface area contributed by atoms with Crippen LogP contribution in [0, 0.1) is 5.82 Å². The van der Waals surface area contributed by atoms with E-state index in [1.54, 1.807) is 0 Å². The van der Waals surface area contributed by atoms with Crippen molar-refractivity contribution in [3.8, 4) is 0 Å². The van der Waals surface area contributed by atoms with Crippen LogP contribution in [0.1, 0.15) is 36.0 Å². The molecular formula is C14H13FO6. The molecular weight excluding hydrogens is 283 g/mol. The number of ether oxygens (including phenoxy) is 1. The highest BCUT2D eigenvalue weighted by molar-refractivity contribution is 5.97. The van der Waals surface area contributed by atoms with Crippen LogP contribution in [0.25, 0.3) is 0 Å². The van der Waals surface area contributed by atoms with E-state index in [4.69, 9.17) is 5.11 Å². The molecule has 0 saturated carbocycles. The summed E-state index contributed by atoms with van der Waals surface area (Å²) in [5.41, 5.74) is 0.340. The topological polar surface area (TPSA) is 97.7 Å². The molecule has 0 spiro atoms. The van der Waals surface area contributed by atoms with Gasteiger partial charge in [0.25, 0.3) is 0 Å². The number of hydrogen-bond donors (Lipinski definition) is 1. The monoisotopic (exact) mass is 296 g/mol. The Labute approximate surface area is 119 Å². The molecule has 0 aliphatic carbocycles. The molecule has 1 heterocycles. The predicted molar refractivity (Wildman–Crippen MR) is 67.9 cm³/mol. The van der Waals surface area contributed by atoms with Gasteiger partial charge in [-0.05, 0) is 24.3 Å². The third-order valence-electron chi connectivity index (χ3n) is 2.49. The Kier molecular flexibility index (Phi) is 6.19. The average Bonchev–Trinajstić information content (AvgIpc) is 2.81. The van der Waals surface area contributed by atoms with Crippen LogP contribution in [-0.4, -0.2) is 28.8 Å². The Balaban J connectivity index is 0.000000262. The summed E-state index contributed by atoms with van der Waals surface area (Å²) in [6, 6.07) is 5.04. The Morgan fingerprint density at radius 1 is 1.05 bits per heavy atom. The summed E-state index contributed by atoms with van der Waals surface area (Å²) in [7, 11) is 0. The van der Waals surface area contributed by atoms with E-state index < -0.39 is 23.7 Å². The fourth-order valence-electron chi connectivity index (χ4n) is 1.43. The molecule has 0 unspecified atom stereocenters. The highest BCUT2D eigenvalue weighted by Crippen LogP contribution is 2.07. The Morgan fingerprint density at radius 3 is 1.95 bits per heavy atom. The smallest absolute Gasteiger partial charge is 0.314 e. The molecule has 1 aromatic carbocycles. The number of aliphatic carboxylic acids is 1. The van der Waals surface area contributed by atoms with E-state index in [0.717, 1.165) is 0 Å². The normalized spacial score (nSPS) is 13.2. The molecule has 1 N–H and O–H groups in total. The SMILES string of the molecule is O=C(O)CCC(=O)c1ccc(F)cc1.O=C1CCC(=O)O1. The molecule has 2 rings (SSSR count). The summed E-state index contributed by atoms with van der Waals surface area (Å²) in [6.07, 6.45) is 0.273. The van der Waals surface area contributed by atoms with Gasteiger partial charge in [-0.3, -0.25) is 19.2 Å². The molecule has 1 aliphatic rings. The highest BCUT2D eigenvalue weighted by Gasteiger charge is 2.19. The summed E-state index contributed by atoms with van der Waals surface area (Å²) in [4.78, 5) is 41.5. The summed E-state index contributed by atoms with van der Waals surface area (Å²) in [6.45, 7) is 0. The Morgan fingerprint density at radius 2 is 1.57 bits per heavy atom. The lowest BCUT2D eigenvalue weighted by molar-refractivity contribution is -0.152. The van der Waals surface area contributed by atoms with Crippen molar-refractivity contribution in [1.29, 1.82) is 0 Å². The van der Waals surface area contributed by atoms with Crippen LogP contribution in [0.3, 0.4) is 0 Å². The number of carbonyl (C=O) groups excluding carboxylic acids is 3. The number of ketones is 1. The van der Waals surface area contributed by atoms with Crippen LogP contribution in [0.4, 0.5) is 4.39 Å². The summed E-state index contributed by atoms with van der Waals surface area (Å²) in [5.74, 6) is -2.51. The number of hydrogen-bond acceptors (Lipinski definition) is 5. The zero-order valence-electron chi connectivity index (χ0n) is 11.0. The van der Waals surface area contributed by atoms with Gasteiger partial charge in [0.2, 0.25) is 0 Å². The first-order chi connectivity index (χ1) is 9.88. The molecule has 0 aromatic heterocycles. The second kappa shape index (κ2) is 7.88. The first-order valence-corrected chi connectivity index (χ1v) is 6.12. The minimum absolute atomic E-state index is 0.0546. The first kappa shape index (κ1) is 16.5. The minimum atomic E-state index is -1.01. The van der Waals surface area contributed by atoms with Crippen molar-refractivity contribution in [2.45, 2.75) is 25.7 Å². The molecule has 7 heteroatoms. The van der Waals surface area contributed by atoms with Crippen LogP contribution in [0.2, 0.25) is 0 Å². The summed E-state index contributed by atoms with van der Waals surface area (Å²) in [5, 5.41) is 8.34. The molecule has 1 fully saturated rings. The van der Waals surface area contributed by atoms with Crippen molar-refractivity contribution in [2.75, 3.05) is 0 Å². The average molecular weight is 296 g/mol. The number of cyclic esters (lactones) is 2. The third kappa shape index (κ3) is 6.42. The highest BCUT2D eigenvalue weighted by atomic mass is 19.1. The predicted octanol–water partition coefficient (Wildman–Crippen LogP) is 1.72. The minimum Gasteiger partial charge on any atom is -0.481 e. The van der Waals surface area contributed by atoms with Crippen molar-refractivity contribution in [2.24, 2.45) is 0 Å². The maximum absolute atomic E-state index is 12.5. The van der Waals surface area contributed by atoms with Crippen LogP contribution < -0.4 is 0 Å². The number of carboxylic acid groups (broad SMARTS) is 1. The quantitative estimate of drug-likeness (QED) is 0.516. The summed E-state index contributed by atoms with van der Waals surface area (Å²) >= 11 is 0. The van der Waals surface area contributed by atoms with Gasteiger partial charge >= 0.3 is 17.9 Å². The Hall–Kier alpha value is -2.57. The number of Topliss-reactive ketones (excluding diaryl/α,β-unsaturated/α-hetero) is 1. The second-order valence-corrected chi connectivity index (χ2v) is 4.17. The lowest BCUT2D eigenvalue weighted by Gasteiger charge is -1.98. The number of halogens is 1. The number of carbonyl (C=O) groups is 4. The van der Waals surface area contributed by atoms with Crippen molar-refractivity contribution in [3.05, 3.63) is 35.6 Å². The summed E-state index contributed by atoms with van der Waals surface area (Å²) < 4.78 is 16.5. The molecule has 21 heavy (non-hydrogen) atoms. The van der Waals surface area contributed by atoms with Gasteiger partial charge in [-0.1, -0.05) is 0 Å². The van der Waals surface area contributed by atoms with Gasteiger partial charge in [0.15, 0.2) is 5.78 Å². The van der Waals surface area contributed by atoms with Gasteiger partial charge in [0.05, 0.1) is 19.3 Å². The molecule has 6 nitrogen and oxygen atoms in total. The van der Waals surface area contributed by atoms with Crippen LogP contribution in [0.15, 0.2) is 24.3 Å². The third-order valence-corrected chi connectivity index (χ3v) is 2.49. The second-order valence-electron chi connectivity index (χ2n) is 4.17. The molecule has 1 aliphatic heterocycles. The first-order valence-electron chi connectivity index (χ1n) is 6.12. The van der Waals surface area contributed by atoms with E-state index in [1.165, 1.54) is 24.3 Å². The zero-order chi connectivity index (χ0) is 15.8. The molecule has 1 aromatic rings. The van der Waals surface area contributed by atoms with Gasteiger partial charge in [-0.15, -0.1) is 0 Å². The van der Waals surface area contributed by atoms with Crippen molar-refractivity contribution >= 4 is 23.7 Å². The van der Waals surface area contributed by atoms with E-state index in [9.17, 15) is 23.6 Å². The zero-order valence-corrected chi connectivity index (χ0v) is 11.0. The van der Waals surface area contributed by atoms with Crippen LogP contribution in [-0.2, 0) is 19.1 Å². The van der Waals surface area contributed by atoms with Gasteiger partial charge in [0, 0.05) is 12.0 Å². The standard InChI is InChI=1S/C10H9FO3.C4H4O3/c11-8-3-1-7(2-4-8)9(12)5-6-10(13)14;5-3-1-2-4(6)7-3/h1-4H,5-6H2,(H,13,14);1-2H2. The van der Waals surface area contributed by atoms with Crippen molar-refractivity contribution in [1.82, 2.24) is 0 Å². The number of esters is 2. The van der Waals surface area contributed by atoms with Crippen molar-refractivity contribution < 1.29 is 33.4 Å². The molecule has 0 radical (unpaired) electrons. The lowest BCUT2D eigenvalue weighted by atomic mass is 10.1. The molecule has 0 amide bonds. The fraction of sp³-hybridized carbons (Fsp3) is 0.286. The van der Waals surface area contributed by atoms with E-state index in [2.05, 4.69) is 4.74 Å². The lowest BCUT2D eigenvalue weighted by Crippen LogP contribution is -2.03.